The molecular weight excluding hydrogens is 417 g/mol. The maximum atomic E-state index is 13.0. The zero-order valence-corrected chi connectivity index (χ0v) is 19.1. The summed E-state index contributed by atoms with van der Waals surface area (Å²) in [6.45, 7) is 8.17. The fourth-order valence-electron chi connectivity index (χ4n) is 3.00. The number of carbonyl (C=O) groups is 1. The van der Waals surface area contributed by atoms with E-state index in [1.165, 1.54) is 30.3 Å². The Morgan fingerprint density at radius 3 is 2.34 bits per heavy atom. The third-order valence-electron chi connectivity index (χ3n) is 5.33. The molecule has 7 nitrogen and oxygen atoms in total. The lowest BCUT2D eigenvalue weighted by molar-refractivity contribution is -0.385. The number of nitrogens with zero attached hydrogens (tertiary/aromatic N) is 1. The maximum Gasteiger partial charge on any atom is 0.311 e. The predicted octanol–water partition coefficient (Wildman–Crippen LogP) is 5.34. The number of carbonyl (C=O) groups excluding carboxylic acids is 1. The smallest absolute Gasteiger partial charge is 0.311 e. The fraction of sp³-hybridized carbons (Fsp3) is 0.458. The molecule has 0 aliphatic heterocycles. The van der Waals surface area contributed by atoms with Crippen LogP contribution in [0, 0.1) is 15.9 Å². The van der Waals surface area contributed by atoms with Crippen molar-refractivity contribution in [3.63, 3.8) is 0 Å². The Morgan fingerprint density at radius 2 is 1.75 bits per heavy atom. The van der Waals surface area contributed by atoms with Gasteiger partial charge in [0.25, 0.3) is 5.69 Å². The Hall–Kier alpha value is -2.84. The van der Waals surface area contributed by atoms with Crippen LogP contribution < -0.4 is 4.74 Å². The molecule has 0 atom stereocenters. The zero-order chi connectivity index (χ0) is 23.9. The second-order valence-electron chi connectivity index (χ2n) is 8.60. The summed E-state index contributed by atoms with van der Waals surface area (Å²) in [7, 11) is 1.65. The molecule has 0 aliphatic rings. The van der Waals surface area contributed by atoms with Gasteiger partial charge in [-0.2, -0.15) is 0 Å². The summed E-state index contributed by atoms with van der Waals surface area (Å²) in [6, 6.07) is 9.87. The first-order valence-electron chi connectivity index (χ1n) is 10.4. The van der Waals surface area contributed by atoms with Crippen LogP contribution in [0.1, 0.15) is 51.7 Å². The average molecular weight is 448 g/mol. The number of ether oxygens (including phenoxy) is 3. The molecule has 2 aromatic carbocycles. The number of nitro groups is 1. The van der Waals surface area contributed by atoms with Gasteiger partial charge in [-0.25, -0.2) is 4.39 Å². The van der Waals surface area contributed by atoms with Crippen molar-refractivity contribution in [1.29, 1.82) is 0 Å². The monoisotopic (exact) mass is 447 g/mol. The van der Waals surface area contributed by atoms with E-state index in [4.69, 9.17) is 14.2 Å². The number of benzene rings is 2. The molecular formula is C24H30FNO6. The Bertz CT molecular complexity index is 940. The van der Waals surface area contributed by atoms with Crippen molar-refractivity contribution in [3.05, 3.63) is 69.5 Å². The first-order valence-corrected chi connectivity index (χ1v) is 10.4. The fourth-order valence-corrected chi connectivity index (χ4v) is 3.00. The molecule has 0 amide bonds. The van der Waals surface area contributed by atoms with E-state index in [0.717, 1.165) is 5.56 Å². The van der Waals surface area contributed by atoms with Crippen LogP contribution in [0.5, 0.6) is 5.75 Å². The topological polar surface area (TPSA) is 87.9 Å². The highest BCUT2D eigenvalue weighted by molar-refractivity contribution is 5.72. The molecule has 0 saturated heterocycles. The molecule has 0 saturated carbocycles. The number of halogens is 1. The largest absolute Gasteiger partial charge is 0.427 e. The van der Waals surface area contributed by atoms with E-state index in [1.807, 2.05) is 27.7 Å². The van der Waals surface area contributed by atoms with Gasteiger partial charge in [-0.1, -0.05) is 0 Å². The standard InChI is InChI=1S/C24H30FNO6/c1-23(2,30-5)14-15-31-24(3,4)18-7-12-21(26(28)29)17(16-18)6-13-22(27)32-20-10-8-19(25)9-11-20/h7-12,16H,6,13-15H2,1-5H3. The van der Waals surface area contributed by atoms with Crippen molar-refractivity contribution in [2.45, 2.75) is 58.2 Å². The molecule has 8 heteroatoms. The normalized spacial score (nSPS) is 11.9. The minimum absolute atomic E-state index is 0.0645. The van der Waals surface area contributed by atoms with Crippen molar-refractivity contribution < 1.29 is 28.3 Å². The summed E-state index contributed by atoms with van der Waals surface area (Å²) in [5.74, 6) is -0.783. The van der Waals surface area contributed by atoms with Crippen LogP contribution in [0.3, 0.4) is 0 Å². The maximum absolute atomic E-state index is 13.0. The third-order valence-corrected chi connectivity index (χ3v) is 5.33. The van der Waals surface area contributed by atoms with Crippen molar-refractivity contribution >= 4 is 11.7 Å². The van der Waals surface area contributed by atoms with Crippen LogP contribution in [0.25, 0.3) is 0 Å². The molecule has 0 bridgehead atoms. The average Bonchev–Trinajstić information content (AvgIpc) is 2.73. The van der Waals surface area contributed by atoms with E-state index < -0.39 is 22.3 Å². The quantitative estimate of drug-likeness (QED) is 0.200. The Morgan fingerprint density at radius 1 is 1.09 bits per heavy atom. The first-order chi connectivity index (χ1) is 14.9. The van der Waals surface area contributed by atoms with Gasteiger partial charge in [0.2, 0.25) is 0 Å². The van der Waals surface area contributed by atoms with Crippen molar-refractivity contribution in [1.82, 2.24) is 0 Å². The second-order valence-corrected chi connectivity index (χ2v) is 8.60. The summed E-state index contributed by atoms with van der Waals surface area (Å²) in [4.78, 5) is 23.2. The lowest BCUT2D eigenvalue weighted by Crippen LogP contribution is -2.28. The van der Waals surface area contributed by atoms with Gasteiger partial charge in [0.15, 0.2) is 0 Å². The molecule has 0 unspecified atom stereocenters. The third kappa shape index (κ3) is 7.39. The van der Waals surface area contributed by atoms with Gasteiger partial charge in [-0.15, -0.1) is 0 Å². The molecule has 0 heterocycles. The Balaban J connectivity index is 2.10. The summed E-state index contributed by atoms with van der Waals surface area (Å²) < 4.78 is 29.6. The molecule has 0 radical (unpaired) electrons. The molecule has 0 fully saturated rings. The second kappa shape index (κ2) is 10.7. The van der Waals surface area contributed by atoms with Gasteiger partial charge in [0, 0.05) is 18.7 Å². The SMILES string of the molecule is COC(C)(C)CCOC(C)(C)c1ccc([N+](=O)[O-])c(CCC(=O)Oc2ccc(F)cc2)c1. The molecule has 32 heavy (non-hydrogen) atoms. The van der Waals surface area contributed by atoms with E-state index in [1.54, 1.807) is 19.2 Å². The van der Waals surface area contributed by atoms with Gasteiger partial charge < -0.3 is 14.2 Å². The lowest BCUT2D eigenvalue weighted by atomic mass is 9.93. The Labute approximate surface area is 187 Å². The lowest BCUT2D eigenvalue weighted by Gasteiger charge is -2.29. The highest BCUT2D eigenvalue weighted by Gasteiger charge is 2.26. The number of aryl methyl sites for hydroxylation is 1. The van der Waals surface area contributed by atoms with E-state index in [-0.39, 0.29) is 29.9 Å². The number of esters is 1. The highest BCUT2D eigenvalue weighted by Crippen LogP contribution is 2.31. The molecule has 2 rings (SSSR count). The number of nitro benzene ring substituents is 1. The Kier molecular flexibility index (Phi) is 8.46. The molecule has 0 N–H and O–H groups in total. The zero-order valence-electron chi connectivity index (χ0n) is 19.1. The molecule has 0 aromatic heterocycles. The number of hydrogen-bond donors (Lipinski definition) is 0. The van der Waals surface area contributed by atoms with Gasteiger partial charge in [0.05, 0.1) is 29.2 Å². The van der Waals surface area contributed by atoms with Crippen LogP contribution >= 0.6 is 0 Å². The molecule has 174 valence electrons. The van der Waals surface area contributed by atoms with E-state index in [0.29, 0.717) is 18.6 Å². The molecule has 0 aliphatic carbocycles. The van der Waals surface area contributed by atoms with E-state index in [9.17, 15) is 19.3 Å². The van der Waals surface area contributed by atoms with Crippen LogP contribution in [0.2, 0.25) is 0 Å². The van der Waals surface area contributed by atoms with Crippen LogP contribution in [0.4, 0.5) is 10.1 Å². The number of rotatable bonds is 11. The van der Waals surface area contributed by atoms with Crippen molar-refractivity contribution in [3.8, 4) is 5.75 Å². The number of methoxy groups -OCH3 is 1. The predicted molar refractivity (Wildman–Crippen MR) is 118 cm³/mol. The summed E-state index contributed by atoms with van der Waals surface area (Å²) in [5.41, 5.74) is 0.0986. The highest BCUT2D eigenvalue weighted by atomic mass is 19.1. The summed E-state index contributed by atoms with van der Waals surface area (Å²) >= 11 is 0. The number of hydrogen-bond acceptors (Lipinski definition) is 6. The summed E-state index contributed by atoms with van der Waals surface area (Å²) in [6.07, 6.45) is 0.740. The van der Waals surface area contributed by atoms with Crippen molar-refractivity contribution in [2.75, 3.05) is 13.7 Å². The van der Waals surface area contributed by atoms with Crippen molar-refractivity contribution in [2.24, 2.45) is 0 Å². The van der Waals surface area contributed by atoms with Gasteiger partial charge in [-0.3, -0.25) is 14.9 Å². The summed E-state index contributed by atoms with van der Waals surface area (Å²) in [5, 5.41) is 11.5. The first kappa shape index (κ1) is 25.4. The minimum Gasteiger partial charge on any atom is -0.427 e. The van der Waals surface area contributed by atoms with E-state index in [2.05, 4.69) is 0 Å². The van der Waals surface area contributed by atoms with Crippen LogP contribution in [-0.2, 0) is 26.3 Å². The van der Waals surface area contributed by atoms with Gasteiger partial charge in [-0.05, 0) is 82.5 Å². The van der Waals surface area contributed by atoms with Gasteiger partial charge >= 0.3 is 5.97 Å². The van der Waals surface area contributed by atoms with Crippen LogP contribution in [0.15, 0.2) is 42.5 Å². The van der Waals surface area contributed by atoms with Gasteiger partial charge in [0.1, 0.15) is 11.6 Å². The molecule has 2 aromatic rings. The molecule has 0 spiro atoms. The minimum atomic E-state index is -0.692. The van der Waals surface area contributed by atoms with E-state index >= 15 is 0 Å². The van der Waals surface area contributed by atoms with Crippen LogP contribution in [-0.4, -0.2) is 30.2 Å².